The van der Waals surface area contributed by atoms with Crippen LogP contribution in [0.15, 0.2) is 35.1 Å². The van der Waals surface area contributed by atoms with Gasteiger partial charge >= 0.3 is 0 Å². The molecule has 0 aliphatic carbocycles. The summed E-state index contributed by atoms with van der Waals surface area (Å²) in [6.45, 7) is 0.564. The number of hydrogen-bond donors (Lipinski definition) is 1. The second-order valence-electron chi connectivity index (χ2n) is 4.37. The molecule has 2 aromatic rings. The smallest absolute Gasteiger partial charge is 0.252 e. The molecule has 0 fully saturated rings. The maximum atomic E-state index is 12.1. The topological polar surface area (TPSA) is 56.1 Å². The number of halogens is 1. The Hall–Kier alpha value is -1.82. The third kappa shape index (κ3) is 3.60. The van der Waals surface area contributed by atoms with Crippen molar-refractivity contribution in [3.8, 4) is 5.75 Å². The SMILES string of the molecule is COc1ccc(Br)c(C(=O)NCCc2cnn(C)c2)c1. The summed E-state index contributed by atoms with van der Waals surface area (Å²) in [5, 5.41) is 6.98. The lowest BCUT2D eigenvalue weighted by molar-refractivity contribution is 0.0953. The first-order chi connectivity index (χ1) is 9.60. The number of aromatic nitrogens is 2. The molecule has 1 aromatic heterocycles. The first-order valence-corrected chi connectivity index (χ1v) is 6.98. The number of carbonyl (C=O) groups is 1. The molecule has 1 N–H and O–H groups in total. The normalized spacial score (nSPS) is 10.3. The summed E-state index contributed by atoms with van der Waals surface area (Å²) in [5.74, 6) is 0.533. The summed E-state index contributed by atoms with van der Waals surface area (Å²) >= 11 is 3.37. The third-order valence-electron chi connectivity index (χ3n) is 2.88. The quantitative estimate of drug-likeness (QED) is 0.909. The van der Waals surface area contributed by atoms with Crippen molar-refractivity contribution >= 4 is 21.8 Å². The Morgan fingerprint density at radius 3 is 2.95 bits per heavy atom. The lowest BCUT2D eigenvalue weighted by Crippen LogP contribution is -2.26. The third-order valence-corrected chi connectivity index (χ3v) is 3.57. The fraction of sp³-hybridized carbons (Fsp3) is 0.286. The van der Waals surface area contributed by atoms with Crippen LogP contribution in [-0.4, -0.2) is 29.3 Å². The molecular weight excluding hydrogens is 322 g/mol. The van der Waals surface area contributed by atoms with Crippen molar-refractivity contribution in [3.63, 3.8) is 0 Å². The van der Waals surface area contributed by atoms with Crippen molar-refractivity contribution in [1.29, 1.82) is 0 Å². The van der Waals surface area contributed by atoms with E-state index in [9.17, 15) is 4.79 Å². The molecule has 2 rings (SSSR count). The van der Waals surface area contributed by atoms with E-state index >= 15 is 0 Å². The second-order valence-corrected chi connectivity index (χ2v) is 5.23. The molecule has 0 radical (unpaired) electrons. The fourth-order valence-corrected chi connectivity index (χ4v) is 2.25. The Bertz CT molecular complexity index is 610. The van der Waals surface area contributed by atoms with Crippen LogP contribution in [0.5, 0.6) is 5.75 Å². The van der Waals surface area contributed by atoms with Gasteiger partial charge < -0.3 is 10.1 Å². The Morgan fingerprint density at radius 1 is 1.50 bits per heavy atom. The van der Waals surface area contributed by atoms with E-state index in [2.05, 4.69) is 26.3 Å². The number of ether oxygens (including phenoxy) is 1. The van der Waals surface area contributed by atoms with Gasteiger partial charge in [-0.2, -0.15) is 5.10 Å². The van der Waals surface area contributed by atoms with E-state index in [0.29, 0.717) is 17.9 Å². The molecule has 0 saturated carbocycles. The maximum Gasteiger partial charge on any atom is 0.252 e. The Kier molecular flexibility index (Phi) is 4.79. The zero-order valence-electron chi connectivity index (χ0n) is 11.4. The predicted octanol–water partition coefficient (Wildman–Crippen LogP) is 2.16. The Balaban J connectivity index is 1.94. The number of hydrogen-bond acceptors (Lipinski definition) is 3. The van der Waals surface area contributed by atoms with E-state index in [0.717, 1.165) is 16.5 Å². The lowest BCUT2D eigenvalue weighted by Gasteiger charge is -2.08. The van der Waals surface area contributed by atoms with E-state index in [4.69, 9.17) is 4.74 Å². The van der Waals surface area contributed by atoms with E-state index < -0.39 is 0 Å². The second kappa shape index (κ2) is 6.56. The van der Waals surface area contributed by atoms with Crippen LogP contribution in [0.4, 0.5) is 0 Å². The van der Waals surface area contributed by atoms with Gasteiger partial charge in [-0.15, -0.1) is 0 Å². The highest BCUT2D eigenvalue weighted by atomic mass is 79.9. The molecule has 0 aliphatic rings. The fourth-order valence-electron chi connectivity index (χ4n) is 1.82. The number of methoxy groups -OCH3 is 1. The van der Waals surface area contributed by atoms with Crippen LogP contribution in [0.1, 0.15) is 15.9 Å². The molecule has 0 bridgehead atoms. The van der Waals surface area contributed by atoms with Crippen molar-refractivity contribution in [3.05, 3.63) is 46.2 Å². The number of nitrogens with zero attached hydrogens (tertiary/aromatic N) is 2. The van der Waals surface area contributed by atoms with Gasteiger partial charge in [-0.25, -0.2) is 0 Å². The molecular formula is C14H16BrN3O2. The van der Waals surface area contributed by atoms with Gasteiger partial charge in [0, 0.05) is 24.3 Å². The van der Waals surface area contributed by atoms with Gasteiger partial charge in [-0.05, 0) is 46.1 Å². The minimum atomic E-state index is -0.125. The molecule has 0 aliphatic heterocycles. The van der Waals surface area contributed by atoms with Gasteiger partial charge in [0.15, 0.2) is 0 Å². The highest BCUT2D eigenvalue weighted by Gasteiger charge is 2.11. The standard InChI is InChI=1S/C14H16BrN3O2/c1-18-9-10(8-17-18)5-6-16-14(19)12-7-11(20-2)3-4-13(12)15/h3-4,7-9H,5-6H2,1-2H3,(H,16,19). The summed E-state index contributed by atoms with van der Waals surface area (Å²) in [4.78, 5) is 12.1. The van der Waals surface area contributed by atoms with Crippen LogP contribution >= 0.6 is 15.9 Å². The monoisotopic (exact) mass is 337 g/mol. The molecule has 5 nitrogen and oxygen atoms in total. The Labute approximate surface area is 126 Å². The molecule has 0 unspecified atom stereocenters. The van der Waals surface area contributed by atoms with Crippen molar-refractivity contribution in [1.82, 2.24) is 15.1 Å². The van der Waals surface area contributed by atoms with Crippen molar-refractivity contribution in [2.75, 3.05) is 13.7 Å². The van der Waals surface area contributed by atoms with E-state index in [1.807, 2.05) is 13.2 Å². The molecule has 1 amide bonds. The Morgan fingerprint density at radius 2 is 2.30 bits per heavy atom. The van der Waals surface area contributed by atoms with Crippen LogP contribution in [0.2, 0.25) is 0 Å². The van der Waals surface area contributed by atoms with Gasteiger partial charge in [0.25, 0.3) is 5.91 Å². The molecule has 0 spiro atoms. The zero-order valence-corrected chi connectivity index (χ0v) is 13.0. The molecule has 106 valence electrons. The summed E-state index contributed by atoms with van der Waals surface area (Å²) < 4.78 is 7.62. The number of benzene rings is 1. The molecule has 6 heteroatoms. The van der Waals surface area contributed by atoms with E-state index in [-0.39, 0.29) is 5.91 Å². The summed E-state index contributed by atoms with van der Waals surface area (Å²) in [6, 6.07) is 5.31. The number of amides is 1. The molecule has 0 atom stereocenters. The first kappa shape index (κ1) is 14.6. The van der Waals surface area contributed by atoms with Gasteiger partial charge in [0.1, 0.15) is 5.75 Å². The van der Waals surface area contributed by atoms with Crippen molar-refractivity contribution < 1.29 is 9.53 Å². The maximum absolute atomic E-state index is 12.1. The minimum Gasteiger partial charge on any atom is -0.497 e. The number of aryl methyl sites for hydroxylation is 1. The largest absolute Gasteiger partial charge is 0.497 e. The van der Waals surface area contributed by atoms with Gasteiger partial charge in [0.05, 0.1) is 18.9 Å². The van der Waals surface area contributed by atoms with Crippen LogP contribution in [0, 0.1) is 0 Å². The number of carbonyl (C=O) groups excluding carboxylic acids is 1. The molecule has 20 heavy (non-hydrogen) atoms. The molecule has 1 aromatic carbocycles. The molecule has 1 heterocycles. The highest BCUT2D eigenvalue weighted by molar-refractivity contribution is 9.10. The number of nitrogens with one attached hydrogen (secondary N) is 1. The van der Waals surface area contributed by atoms with Crippen LogP contribution in [-0.2, 0) is 13.5 Å². The predicted molar refractivity (Wildman–Crippen MR) is 79.9 cm³/mol. The highest BCUT2D eigenvalue weighted by Crippen LogP contribution is 2.22. The van der Waals surface area contributed by atoms with Crippen LogP contribution in [0.25, 0.3) is 0 Å². The average molecular weight is 338 g/mol. The summed E-state index contributed by atoms with van der Waals surface area (Å²) in [5.41, 5.74) is 1.66. The van der Waals surface area contributed by atoms with E-state index in [1.54, 1.807) is 36.2 Å². The number of rotatable bonds is 5. The lowest BCUT2D eigenvalue weighted by atomic mass is 10.2. The first-order valence-electron chi connectivity index (χ1n) is 6.19. The average Bonchev–Trinajstić information content (AvgIpc) is 2.85. The summed E-state index contributed by atoms with van der Waals surface area (Å²) in [7, 11) is 3.45. The minimum absolute atomic E-state index is 0.125. The zero-order chi connectivity index (χ0) is 14.5. The van der Waals surface area contributed by atoms with Gasteiger partial charge in [-0.1, -0.05) is 0 Å². The van der Waals surface area contributed by atoms with Gasteiger partial charge in [-0.3, -0.25) is 9.48 Å². The van der Waals surface area contributed by atoms with Crippen molar-refractivity contribution in [2.45, 2.75) is 6.42 Å². The van der Waals surface area contributed by atoms with Crippen molar-refractivity contribution in [2.24, 2.45) is 7.05 Å². The summed E-state index contributed by atoms with van der Waals surface area (Å²) in [6.07, 6.45) is 4.49. The van der Waals surface area contributed by atoms with Gasteiger partial charge in [0.2, 0.25) is 0 Å². The van der Waals surface area contributed by atoms with Crippen LogP contribution < -0.4 is 10.1 Å². The van der Waals surface area contributed by atoms with E-state index in [1.165, 1.54) is 0 Å². The molecule has 0 saturated heterocycles. The van der Waals surface area contributed by atoms with Crippen LogP contribution in [0.3, 0.4) is 0 Å².